The number of nitrogens with zero attached hydrogens (tertiary/aromatic N) is 2. The van der Waals surface area contributed by atoms with Gasteiger partial charge < -0.3 is 14.5 Å². The quantitative estimate of drug-likeness (QED) is 0.512. The van der Waals surface area contributed by atoms with Crippen LogP contribution in [-0.4, -0.2) is 48.3 Å². The first kappa shape index (κ1) is 21.1. The van der Waals surface area contributed by atoms with E-state index in [1.54, 1.807) is 4.90 Å². The third kappa shape index (κ3) is 5.13. The fourth-order valence-electron chi connectivity index (χ4n) is 4.42. The second kappa shape index (κ2) is 9.77. The van der Waals surface area contributed by atoms with E-state index in [-0.39, 0.29) is 30.4 Å². The monoisotopic (exact) mass is 420 g/mol. The number of carbonyl (C=O) groups is 2. The van der Waals surface area contributed by atoms with E-state index < -0.39 is 0 Å². The Hall–Kier alpha value is -3.15. The molecule has 0 spiro atoms. The first-order valence-electron chi connectivity index (χ1n) is 10.9. The minimum atomic E-state index is -0.274. The molecular weight excluding hydrogens is 392 g/mol. The van der Waals surface area contributed by atoms with Crippen LogP contribution in [0.25, 0.3) is 11.1 Å². The summed E-state index contributed by atoms with van der Waals surface area (Å²) in [5.74, 6) is -0.354. The molecule has 0 bridgehead atoms. The van der Waals surface area contributed by atoms with E-state index in [9.17, 15) is 9.59 Å². The number of carbonyl (C=O) groups excluding carboxylic acids is 2. The molecule has 0 unspecified atom stereocenters. The molecule has 2 fully saturated rings. The Morgan fingerprint density at radius 2 is 1.68 bits per heavy atom. The normalized spacial score (nSPS) is 20.2. The van der Waals surface area contributed by atoms with Crippen molar-refractivity contribution in [2.75, 3.05) is 13.7 Å². The zero-order valence-electron chi connectivity index (χ0n) is 17.8. The van der Waals surface area contributed by atoms with Crippen LogP contribution in [0, 0.1) is 0 Å². The van der Waals surface area contributed by atoms with Gasteiger partial charge >= 0.3 is 5.97 Å². The van der Waals surface area contributed by atoms with Crippen LogP contribution < -0.4 is 0 Å². The Morgan fingerprint density at radius 1 is 1.00 bits per heavy atom. The molecule has 6 heteroatoms. The fourth-order valence-corrected chi connectivity index (χ4v) is 4.42. The number of hydrogen-bond acceptors (Lipinski definition) is 5. The summed E-state index contributed by atoms with van der Waals surface area (Å²) in [6, 6.07) is 17.3. The molecule has 162 valence electrons. The van der Waals surface area contributed by atoms with Gasteiger partial charge in [0.05, 0.1) is 18.7 Å². The highest BCUT2D eigenvalue weighted by molar-refractivity contribution is 6.01. The first-order chi connectivity index (χ1) is 15.1. The summed E-state index contributed by atoms with van der Waals surface area (Å²) in [6.45, 7) is 0.356. The molecule has 0 radical (unpaired) electrons. The van der Waals surface area contributed by atoms with Crippen molar-refractivity contribution in [1.82, 2.24) is 4.90 Å². The summed E-state index contributed by atoms with van der Waals surface area (Å²) in [6.07, 6.45) is 4.79. The van der Waals surface area contributed by atoms with Crippen molar-refractivity contribution in [1.29, 1.82) is 0 Å². The van der Waals surface area contributed by atoms with Crippen molar-refractivity contribution in [3.8, 4) is 11.1 Å². The number of likely N-dealkylation sites (tertiary alicyclic amines) is 1. The number of amides is 1. The van der Waals surface area contributed by atoms with Crippen molar-refractivity contribution in [3.63, 3.8) is 0 Å². The Labute approximate surface area is 182 Å². The van der Waals surface area contributed by atoms with E-state index in [0.717, 1.165) is 42.5 Å². The Kier molecular flexibility index (Phi) is 6.65. The number of esters is 1. The summed E-state index contributed by atoms with van der Waals surface area (Å²) in [5.41, 5.74) is 3.50. The maximum absolute atomic E-state index is 13.3. The van der Waals surface area contributed by atoms with Gasteiger partial charge in [0.25, 0.3) is 5.91 Å². The highest BCUT2D eigenvalue weighted by atomic mass is 16.6. The summed E-state index contributed by atoms with van der Waals surface area (Å²) in [5, 5.41) is 4.04. The van der Waals surface area contributed by atoms with Gasteiger partial charge in [-0.1, -0.05) is 47.6 Å². The molecule has 1 aliphatic heterocycles. The average molecular weight is 421 g/mol. The van der Waals surface area contributed by atoms with Crippen LogP contribution in [-0.2, 0) is 14.4 Å². The van der Waals surface area contributed by atoms with Crippen molar-refractivity contribution < 1.29 is 19.2 Å². The van der Waals surface area contributed by atoms with Gasteiger partial charge in [0.15, 0.2) is 0 Å². The van der Waals surface area contributed by atoms with E-state index >= 15 is 0 Å². The summed E-state index contributed by atoms with van der Waals surface area (Å²) in [4.78, 5) is 32.4. The van der Waals surface area contributed by atoms with Crippen LogP contribution in [0.2, 0.25) is 0 Å². The van der Waals surface area contributed by atoms with Crippen molar-refractivity contribution >= 4 is 17.6 Å². The molecule has 1 atom stereocenters. The van der Waals surface area contributed by atoms with Crippen LogP contribution in [0.1, 0.15) is 48.9 Å². The number of rotatable bonds is 6. The molecule has 31 heavy (non-hydrogen) atoms. The number of oxime groups is 1. The molecule has 1 saturated heterocycles. The average Bonchev–Trinajstić information content (AvgIpc) is 3.44. The molecular formula is C25H28N2O4. The summed E-state index contributed by atoms with van der Waals surface area (Å²) in [7, 11) is 1.49. The molecule has 4 rings (SSSR count). The van der Waals surface area contributed by atoms with Crippen molar-refractivity contribution in [2.24, 2.45) is 5.16 Å². The minimum Gasteiger partial charge on any atom is -0.462 e. The van der Waals surface area contributed by atoms with Crippen LogP contribution in [0.3, 0.4) is 0 Å². The zero-order valence-corrected chi connectivity index (χ0v) is 17.8. The Bertz CT molecular complexity index is 934. The van der Waals surface area contributed by atoms with Crippen LogP contribution in [0.5, 0.6) is 0 Å². The zero-order chi connectivity index (χ0) is 21.6. The molecule has 1 amide bonds. The Balaban J connectivity index is 1.47. The standard InChI is InChI=1S/C25H28N2O4/c1-30-26-21-15-22(16-24(28)31-23-9-5-6-10-23)27(17-21)25(29)20-13-11-19(12-14-20)18-7-3-2-4-8-18/h2-4,7-8,11-14,22-23H,5-6,9-10,15-17H2,1H3/b26-21-/t22-/m0/s1. The van der Waals surface area contributed by atoms with Gasteiger partial charge in [0.1, 0.15) is 13.2 Å². The van der Waals surface area contributed by atoms with Gasteiger partial charge in [-0.25, -0.2) is 0 Å². The smallest absolute Gasteiger partial charge is 0.308 e. The molecule has 2 aromatic rings. The van der Waals surface area contributed by atoms with Gasteiger partial charge in [0.2, 0.25) is 0 Å². The lowest BCUT2D eigenvalue weighted by Crippen LogP contribution is -2.37. The second-order valence-corrected chi connectivity index (χ2v) is 8.17. The lowest BCUT2D eigenvalue weighted by Gasteiger charge is -2.24. The van der Waals surface area contributed by atoms with Crippen molar-refractivity contribution in [3.05, 3.63) is 60.2 Å². The number of ether oxygens (including phenoxy) is 1. The molecule has 0 N–H and O–H groups in total. The van der Waals surface area contributed by atoms with E-state index in [2.05, 4.69) is 5.16 Å². The lowest BCUT2D eigenvalue weighted by atomic mass is 10.0. The highest BCUT2D eigenvalue weighted by Gasteiger charge is 2.36. The third-order valence-corrected chi connectivity index (χ3v) is 5.99. The maximum Gasteiger partial charge on any atom is 0.308 e. The lowest BCUT2D eigenvalue weighted by molar-refractivity contribution is -0.149. The second-order valence-electron chi connectivity index (χ2n) is 8.17. The molecule has 6 nitrogen and oxygen atoms in total. The predicted octanol–water partition coefficient (Wildman–Crippen LogP) is 4.45. The van der Waals surface area contributed by atoms with E-state index in [1.165, 1.54) is 7.11 Å². The third-order valence-electron chi connectivity index (χ3n) is 5.99. The molecule has 2 aromatic carbocycles. The Morgan fingerprint density at radius 3 is 2.35 bits per heavy atom. The summed E-state index contributed by atoms with van der Waals surface area (Å²) >= 11 is 0. The van der Waals surface area contributed by atoms with Gasteiger partial charge in [-0.3, -0.25) is 9.59 Å². The number of benzene rings is 2. The van der Waals surface area contributed by atoms with E-state index in [1.807, 2.05) is 54.6 Å². The van der Waals surface area contributed by atoms with E-state index in [0.29, 0.717) is 18.5 Å². The predicted molar refractivity (Wildman–Crippen MR) is 119 cm³/mol. The molecule has 0 aromatic heterocycles. The van der Waals surface area contributed by atoms with Gasteiger partial charge in [-0.2, -0.15) is 0 Å². The highest BCUT2D eigenvalue weighted by Crippen LogP contribution is 2.26. The fraction of sp³-hybridized carbons (Fsp3) is 0.400. The van der Waals surface area contributed by atoms with Crippen LogP contribution in [0.15, 0.2) is 59.8 Å². The SMILES string of the molecule is CO/N=C1/C[C@@H](CC(=O)OC2CCCC2)N(C(=O)c2ccc(-c3ccccc3)cc2)C1. The van der Waals surface area contributed by atoms with Gasteiger partial charge in [-0.15, -0.1) is 0 Å². The van der Waals surface area contributed by atoms with E-state index in [4.69, 9.17) is 9.57 Å². The molecule has 1 heterocycles. The minimum absolute atomic E-state index is 0.0238. The topological polar surface area (TPSA) is 68.2 Å². The summed E-state index contributed by atoms with van der Waals surface area (Å²) < 4.78 is 5.62. The van der Waals surface area contributed by atoms with Gasteiger partial charge in [0, 0.05) is 18.0 Å². The van der Waals surface area contributed by atoms with Crippen LogP contribution >= 0.6 is 0 Å². The van der Waals surface area contributed by atoms with Crippen LogP contribution in [0.4, 0.5) is 0 Å². The molecule has 1 saturated carbocycles. The first-order valence-corrected chi connectivity index (χ1v) is 10.9. The maximum atomic E-state index is 13.3. The molecule has 2 aliphatic rings. The number of hydrogen-bond donors (Lipinski definition) is 0. The largest absolute Gasteiger partial charge is 0.462 e. The van der Waals surface area contributed by atoms with Crippen molar-refractivity contribution in [2.45, 2.75) is 50.7 Å². The molecule has 1 aliphatic carbocycles. The van der Waals surface area contributed by atoms with Gasteiger partial charge in [-0.05, 0) is 48.9 Å².